The first-order chi connectivity index (χ1) is 12.9. The first kappa shape index (κ1) is 22.4. The fraction of sp³-hybridized carbons (Fsp3) is 0.409. The second-order valence-corrected chi connectivity index (χ2v) is 5.95. The molecule has 0 saturated carbocycles. The van der Waals surface area contributed by atoms with Gasteiger partial charge in [-0.3, -0.25) is 9.67 Å². The number of rotatable bonds is 0. The standard InChI is InChI=1S/C9H11N3.C9H10N2.2C2H6/c1-6-4-9-8(3)10-7(2)5-12(9)11-6;1-7-3-4-9-8(5-7)6-11(2)10-9;2*1-2/h4-5H,1-3H3;3-6H,1-2H3;2*1-2H3. The maximum atomic E-state index is 4.35. The molecule has 0 atom stereocenters. The van der Waals surface area contributed by atoms with Crippen molar-refractivity contribution in [2.45, 2.75) is 55.4 Å². The molecule has 4 aromatic rings. The summed E-state index contributed by atoms with van der Waals surface area (Å²) in [5, 5.41) is 9.80. The molecular weight excluding hydrogens is 334 g/mol. The summed E-state index contributed by atoms with van der Waals surface area (Å²) in [6.45, 7) is 16.1. The predicted octanol–water partition coefficient (Wildman–Crippen LogP) is 5.59. The van der Waals surface area contributed by atoms with Crippen molar-refractivity contribution >= 4 is 16.4 Å². The van der Waals surface area contributed by atoms with Gasteiger partial charge in [-0.1, -0.05) is 39.3 Å². The van der Waals surface area contributed by atoms with Gasteiger partial charge in [-0.15, -0.1) is 0 Å². The van der Waals surface area contributed by atoms with Crippen molar-refractivity contribution in [3.05, 3.63) is 59.3 Å². The summed E-state index contributed by atoms with van der Waals surface area (Å²) in [7, 11) is 1.94. The van der Waals surface area contributed by atoms with Crippen LogP contribution in [-0.2, 0) is 7.05 Å². The van der Waals surface area contributed by atoms with Crippen LogP contribution in [0.4, 0.5) is 0 Å². The first-order valence-electron chi connectivity index (χ1n) is 9.62. The molecule has 0 amide bonds. The molecule has 0 aliphatic heterocycles. The Morgan fingerprint density at radius 3 is 2.11 bits per heavy atom. The van der Waals surface area contributed by atoms with Crippen molar-refractivity contribution in [3.8, 4) is 0 Å². The second-order valence-electron chi connectivity index (χ2n) is 5.95. The van der Waals surface area contributed by atoms with Gasteiger partial charge in [0.15, 0.2) is 0 Å². The van der Waals surface area contributed by atoms with E-state index in [1.54, 1.807) is 0 Å². The number of hydrogen-bond donors (Lipinski definition) is 0. The zero-order valence-electron chi connectivity index (χ0n) is 18.2. The van der Waals surface area contributed by atoms with E-state index in [9.17, 15) is 0 Å². The van der Waals surface area contributed by atoms with E-state index in [1.807, 2.05) is 89.2 Å². The number of aromatic nitrogens is 5. The molecule has 27 heavy (non-hydrogen) atoms. The van der Waals surface area contributed by atoms with Crippen LogP contribution in [0.1, 0.15) is 50.3 Å². The molecule has 0 aliphatic rings. The zero-order valence-corrected chi connectivity index (χ0v) is 18.2. The molecule has 3 aromatic heterocycles. The van der Waals surface area contributed by atoms with E-state index in [2.05, 4.69) is 34.2 Å². The summed E-state index contributed by atoms with van der Waals surface area (Å²) in [5.74, 6) is 0. The Labute approximate surface area is 163 Å². The summed E-state index contributed by atoms with van der Waals surface area (Å²) in [6, 6.07) is 8.31. The molecule has 4 rings (SSSR count). The van der Waals surface area contributed by atoms with Crippen LogP contribution in [0.15, 0.2) is 36.7 Å². The molecule has 5 nitrogen and oxygen atoms in total. The van der Waals surface area contributed by atoms with E-state index >= 15 is 0 Å². The molecule has 0 radical (unpaired) electrons. The third kappa shape index (κ3) is 5.91. The number of nitrogens with zero attached hydrogens (tertiary/aromatic N) is 5. The monoisotopic (exact) mass is 367 g/mol. The Morgan fingerprint density at radius 2 is 1.44 bits per heavy atom. The Balaban J connectivity index is 0.000000229. The molecule has 0 N–H and O–H groups in total. The van der Waals surface area contributed by atoms with E-state index < -0.39 is 0 Å². The van der Waals surface area contributed by atoms with Crippen molar-refractivity contribution in [2.24, 2.45) is 7.05 Å². The van der Waals surface area contributed by atoms with E-state index in [-0.39, 0.29) is 0 Å². The molecule has 146 valence electrons. The van der Waals surface area contributed by atoms with Crippen LogP contribution < -0.4 is 0 Å². The summed E-state index contributed by atoms with van der Waals surface area (Å²) in [4.78, 5) is 4.35. The average Bonchev–Trinajstić information content (AvgIpc) is 3.19. The zero-order chi connectivity index (χ0) is 20.6. The predicted molar refractivity (Wildman–Crippen MR) is 115 cm³/mol. The first-order valence-corrected chi connectivity index (χ1v) is 9.62. The minimum Gasteiger partial charge on any atom is -0.275 e. The van der Waals surface area contributed by atoms with Crippen LogP contribution in [0.2, 0.25) is 0 Å². The quantitative estimate of drug-likeness (QED) is 0.407. The summed E-state index contributed by atoms with van der Waals surface area (Å²) in [6.07, 6.45) is 3.97. The van der Waals surface area contributed by atoms with Gasteiger partial charge in [-0.05, 0) is 45.9 Å². The van der Waals surface area contributed by atoms with Gasteiger partial charge < -0.3 is 0 Å². The van der Waals surface area contributed by atoms with Crippen LogP contribution in [0.5, 0.6) is 0 Å². The summed E-state index contributed by atoms with van der Waals surface area (Å²) >= 11 is 0. The minimum atomic E-state index is 1.00. The van der Waals surface area contributed by atoms with E-state index in [4.69, 9.17) is 0 Å². The number of aryl methyl sites for hydroxylation is 5. The lowest BCUT2D eigenvalue weighted by Gasteiger charge is -1.98. The van der Waals surface area contributed by atoms with Crippen LogP contribution in [-0.4, -0.2) is 24.4 Å². The maximum Gasteiger partial charge on any atom is 0.0923 e. The van der Waals surface area contributed by atoms with Crippen LogP contribution in [0.25, 0.3) is 16.4 Å². The fourth-order valence-corrected chi connectivity index (χ4v) is 2.68. The maximum absolute atomic E-state index is 4.35. The van der Waals surface area contributed by atoms with Crippen molar-refractivity contribution in [1.82, 2.24) is 24.4 Å². The van der Waals surface area contributed by atoms with E-state index in [0.29, 0.717) is 0 Å². The van der Waals surface area contributed by atoms with E-state index in [1.165, 1.54) is 10.9 Å². The molecular formula is C22H33N5. The van der Waals surface area contributed by atoms with Gasteiger partial charge in [-0.25, -0.2) is 4.52 Å². The molecule has 0 spiro atoms. The highest BCUT2D eigenvalue weighted by atomic mass is 15.2. The molecule has 0 bridgehead atoms. The Morgan fingerprint density at radius 1 is 0.778 bits per heavy atom. The Bertz CT molecular complexity index is 979. The Kier molecular flexibility index (Phi) is 8.66. The van der Waals surface area contributed by atoms with Gasteiger partial charge >= 0.3 is 0 Å². The molecule has 0 fully saturated rings. The van der Waals surface area contributed by atoms with Gasteiger partial charge in [-0.2, -0.15) is 10.2 Å². The van der Waals surface area contributed by atoms with Crippen LogP contribution >= 0.6 is 0 Å². The van der Waals surface area contributed by atoms with Crippen LogP contribution in [0, 0.1) is 27.7 Å². The van der Waals surface area contributed by atoms with Gasteiger partial charge in [0.1, 0.15) is 0 Å². The van der Waals surface area contributed by atoms with Gasteiger partial charge in [0.2, 0.25) is 0 Å². The summed E-state index contributed by atoms with van der Waals surface area (Å²) in [5.41, 5.74) is 6.52. The highest BCUT2D eigenvalue weighted by molar-refractivity contribution is 5.78. The molecule has 0 unspecified atom stereocenters. The molecule has 3 heterocycles. The highest BCUT2D eigenvalue weighted by Gasteiger charge is 2.01. The van der Waals surface area contributed by atoms with Crippen molar-refractivity contribution in [2.75, 3.05) is 0 Å². The number of fused-ring (bicyclic) bond motifs is 2. The lowest BCUT2D eigenvalue weighted by Crippen LogP contribution is -1.94. The third-order valence-corrected chi connectivity index (χ3v) is 3.66. The van der Waals surface area contributed by atoms with Crippen molar-refractivity contribution in [1.29, 1.82) is 0 Å². The second kappa shape index (κ2) is 10.5. The average molecular weight is 368 g/mol. The number of benzene rings is 1. The molecule has 0 aliphatic carbocycles. The van der Waals surface area contributed by atoms with Gasteiger partial charge in [0.05, 0.1) is 34.3 Å². The Hall–Kier alpha value is -2.69. The lowest BCUT2D eigenvalue weighted by atomic mass is 10.2. The largest absolute Gasteiger partial charge is 0.275 e. The molecule has 0 saturated heterocycles. The molecule has 5 heteroatoms. The smallest absolute Gasteiger partial charge is 0.0923 e. The van der Waals surface area contributed by atoms with E-state index in [0.717, 1.165) is 28.1 Å². The SMILES string of the molecule is CC.CC.Cc1ccc2nn(C)cc2c1.Cc1cn2nc(C)cc2c(C)n1. The number of hydrogen-bond acceptors (Lipinski definition) is 3. The topological polar surface area (TPSA) is 48.0 Å². The lowest BCUT2D eigenvalue weighted by molar-refractivity contribution is 0.780. The minimum absolute atomic E-state index is 1.00. The summed E-state index contributed by atoms with van der Waals surface area (Å²) < 4.78 is 3.72. The third-order valence-electron chi connectivity index (χ3n) is 3.66. The van der Waals surface area contributed by atoms with Crippen LogP contribution in [0.3, 0.4) is 0 Å². The molecule has 1 aromatic carbocycles. The fourth-order valence-electron chi connectivity index (χ4n) is 2.68. The normalized spacial score (nSPS) is 9.67. The van der Waals surface area contributed by atoms with Crippen molar-refractivity contribution in [3.63, 3.8) is 0 Å². The van der Waals surface area contributed by atoms with Gasteiger partial charge in [0, 0.05) is 18.6 Å². The van der Waals surface area contributed by atoms with Gasteiger partial charge in [0.25, 0.3) is 0 Å². The highest BCUT2D eigenvalue weighted by Crippen LogP contribution is 2.12. The van der Waals surface area contributed by atoms with Crippen molar-refractivity contribution < 1.29 is 0 Å².